The van der Waals surface area contributed by atoms with E-state index in [9.17, 15) is 14.7 Å². The number of fused-ring (bicyclic) bond motifs is 1. The molecule has 0 radical (unpaired) electrons. The van der Waals surface area contributed by atoms with Gasteiger partial charge in [0, 0.05) is 19.5 Å². The minimum Gasteiger partial charge on any atom is -0.481 e. The molecule has 1 aliphatic heterocycles. The summed E-state index contributed by atoms with van der Waals surface area (Å²) >= 11 is 0. The molecule has 2 aliphatic rings. The lowest BCUT2D eigenvalue weighted by Gasteiger charge is -2.48. The Bertz CT molecular complexity index is 302. The molecule has 0 aromatic rings. The third kappa shape index (κ3) is 1.43. The number of piperidine rings is 1. The van der Waals surface area contributed by atoms with Crippen molar-refractivity contribution in [1.29, 1.82) is 0 Å². The maximum absolute atomic E-state index is 11.5. The summed E-state index contributed by atoms with van der Waals surface area (Å²) < 4.78 is 0. The lowest BCUT2D eigenvalue weighted by atomic mass is 9.65. The molecule has 4 nitrogen and oxygen atoms in total. The molecule has 0 aromatic carbocycles. The summed E-state index contributed by atoms with van der Waals surface area (Å²) in [5, 5.41) is 9.39. The van der Waals surface area contributed by atoms with Gasteiger partial charge in [-0.15, -0.1) is 0 Å². The minimum atomic E-state index is -0.716. The molecular formula is C11H17NO3. The van der Waals surface area contributed by atoms with Crippen LogP contribution in [0.15, 0.2) is 0 Å². The maximum Gasteiger partial charge on any atom is 0.311 e. The molecule has 0 spiro atoms. The van der Waals surface area contributed by atoms with E-state index >= 15 is 0 Å². The highest BCUT2D eigenvalue weighted by Gasteiger charge is 2.52. The molecule has 2 fully saturated rings. The summed E-state index contributed by atoms with van der Waals surface area (Å²) in [4.78, 5) is 24.6. The zero-order chi connectivity index (χ0) is 11.1. The van der Waals surface area contributed by atoms with Crippen LogP contribution in [0.25, 0.3) is 0 Å². The highest BCUT2D eigenvalue weighted by Crippen LogP contribution is 2.45. The third-order valence-corrected chi connectivity index (χ3v) is 4.06. The summed E-state index contributed by atoms with van der Waals surface area (Å²) in [6, 6.07) is -0.0787. The van der Waals surface area contributed by atoms with Gasteiger partial charge in [-0.3, -0.25) is 9.59 Å². The molecule has 15 heavy (non-hydrogen) atoms. The standard InChI is InChI=1S/C11H17NO3/c1-12-8-4-2-3-6-11(8,10(14)15)7-5-9(12)13/h8H,2-7H2,1H3,(H,14,15)/t8-,11-/m0/s1. The zero-order valence-electron chi connectivity index (χ0n) is 9.03. The summed E-state index contributed by atoms with van der Waals surface area (Å²) in [6.07, 6.45) is 4.50. The Kier molecular flexibility index (Phi) is 2.44. The number of likely N-dealkylation sites (tertiary alicyclic amines) is 1. The first kappa shape index (κ1) is 10.5. The lowest BCUT2D eigenvalue weighted by molar-refractivity contribution is -0.165. The number of carboxylic acids is 1. The number of hydrogen-bond donors (Lipinski definition) is 1. The summed E-state index contributed by atoms with van der Waals surface area (Å²) in [7, 11) is 1.75. The highest BCUT2D eigenvalue weighted by molar-refractivity contribution is 5.83. The first-order chi connectivity index (χ1) is 7.08. The monoisotopic (exact) mass is 211 g/mol. The Labute approximate surface area is 89.3 Å². The zero-order valence-corrected chi connectivity index (χ0v) is 9.03. The topological polar surface area (TPSA) is 57.6 Å². The van der Waals surface area contributed by atoms with Gasteiger partial charge in [-0.25, -0.2) is 0 Å². The molecule has 2 atom stereocenters. The molecule has 1 aliphatic carbocycles. The second-order valence-electron chi connectivity index (χ2n) is 4.73. The van der Waals surface area contributed by atoms with E-state index in [0.717, 1.165) is 25.7 Å². The van der Waals surface area contributed by atoms with Crippen molar-refractivity contribution in [3.63, 3.8) is 0 Å². The van der Waals surface area contributed by atoms with Crippen LogP contribution in [0.1, 0.15) is 38.5 Å². The van der Waals surface area contributed by atoms with Crippen LogP contribution < -0.4 is 0 Å². The molecule has 0 unspecified atom stereocenters. The Balaban J connectivity index is 2.32. The van der Waals surface area contributed by atoms with Crippen LogP contribution in [0.5, 0.6) is 0 Å². The second kappa shape index (κ2) is 3.51. The van der Waals surface area contributed by atoms with Crippen molar-refractivity contribution in [2.24, 2.45) is 5.41 Å². The number of rotatable bonds is 1. The molecule has 4 heteroatoms. The van der Waals surface area contributed by atoms with E-state index in [1.807, 2.05) is 0 Å². The van der Waals surface area contributed by atoms with Crippen molar-refractivity contribution in [1.82, 2.24) is 4.90 Å². The van der Waals surface area contributed by atoms with Gasteiger partial charge < -0.3 is 10.0 Å². The van der Waals surface area contributed by atoms with E-state index in [0.29, 0.717) is 12.8 Å². The fraction of sp³-hybridized carbons (Fsp3) is 0.818. The van der Waals surface area contributed by atoms with Gasteiger partial charge in [-0.1, -0.05) is 12.8 Å². The molecular weight excluding hydrogens is 194 g/mol. The fourth-order valence-corrected chi connectivity index (χ4v) is 3.11. The molecule has 0 aromatic heterocycles. The predicted molar refractivity (Wildman–Crippen MR) is 54.3 cm³/mol. The highest BCUT2D eigenvalue weighted by atomic mass is 16.4. The lowest BCUT2D eigenvalue weighted by Crippen LogP contribution is -2.57. The van der Waals surface area contributed by atoms with Crippen molar-refractivity contribution in [3.8, 4) is 0 Å². The van der Waals surface area contributed by atoms with Gasteiger partial charge in [0.25, 0.3) is 0 Å². The van der Waals surface area contributed by atoms with Crippen LogP contribution in [0.2, 0.25) is 0 Å². The van der Waals surface area contributed by atoms with Crippen molar-refractivity contribution in [2.45, 2.75) is 44.6 Å². The first-order valence-corrected chi connectivity index (χ1v) is 5.57. The fourth-order valence-electron chi connectivity index (χ4n) is 3.11. The molecule has 1 amide bonds. The molecule has 1 heterocycles. The number of carboxylic acid groups (broad SMARTS) is 1. The van der Waals surface area contributed by atoms with Crippen LogP contribution in [-0.4, -0.2) is 35.0 Å². The van der Waals surface area contributed by atoms with Crippen LogP contribution in [0.4, 0.5) is 0 Å². The normalized spacial score (nSPS) is 36.2. The number of nitrogens with zero attached hydrogens (tertiary/aromatic N) is 1. The number of carbonyl (C=O) groups excluding carboxylic acids is 1. The van der Waals surface area contributed by atoms with E-state index in [1.54, 1.807) is 11.9 Å². The molecule has 1 saturated carbocycles. The van der Waals surface area contributed by atoms with Crippen molar-refractivity contribution in [2.75, 3.05) is 7.05 Å². The molecule has 2 rings (SSSR count). The Hall–Kier alpha value is -1.06. The van der Waals surface area contributed by atoms with Crippen molar-refractivity contribution < 1.29 is 14.7 Å². The smallest absolute Gasteiger partial charge is 0.311 e. The van der Waals surface area contributed by atoms with Gasteiger partial charge in [0.2, 0.25) is 5.91 Å². The molecule has 1 saturated heterocycles. The van der Waals surface area contributed by atoms with Crippen LogP contribution in [0.3, 0.4) is 0 Å². The first-order valence-electron chi connectivity index (χ1n) is 5.57. The van der Waals surface area contributed by atoms with Crippen LogP contribution >= 0.6 is 0 Å². The largest absolute Gasteiger partial charge is 0.481 e. The quantitative estimate of drug-likeness (QED) is 0.710. The summed E-state index contributed by atoms with van der Waals surface area (Å²) in [5.74, 6) is -0.620. The van der Waals surface area contributed by atoms with E-state index in [-0.39, 0.29) is 11.9 Å². The minimum absolute atomic E-state index is 0.0787. The van der Waals surface area contributed by atoms with Crippen molar-refractivity contribution in [3.05, 3.63) is 0 Å². The van der Waals surface area contributed by atoms with E-state index in [2.05, 4.69) is 0 Å². The van der Waals surface area contributed by atoms with Crippen LogP contribution in [-0.2, 0) is 9.59 Å². The molecule has 0 bridgehead atoms. The van der Waals surface area contributed by atoms with Gasteiger partial charge >= 0.3 is 5.97 Å². The van der Waals surface area contributed by atoms with Gasteiger partial charge in [0.15, 0.2) is 0 Å². The number of carbonyl (C=O) groups is 2. The predicted octanol–water partition coefficient (Wildman–Crippen LogP) is 1.25. The SMILES string of the molecule is CN1C(=O)CC[C@@]2(C(=O)O)CCCC[C@H]12. The van der Waals surface area contributed by atoms with E-state index < -0.39 is 11.4 Å². The number of aliphatic carboxylic acids is 1. The molecule has 84 valence electrons. The van der Waals surface area contributed by atoms with Gasteiger partial charge in [0.1, 0.15) is 0 Å². The maximum atomic E-state index is 11.5. The van der Waals surface area contributed by atoms with Crippen LogP contribution in [0, 0.1) is 5.41 Å². The van der Waals surface area contributed by atoms with Crippen molar-refractivity contribution >= 4 is 11.9 Å². The average Bonchev–Trinajstić information content (AvgIpc) is 2.24. The summed E-state index contributed by atoms with van der Waals surface area (Å²) in [5.41, 5.74) is -0.652. The summed E-state index contributed by atoms with van der Waals surface area (Å²) in [6.45, 7) is 0. The Morgan fingerprint density at radius 3 is 2.87 bits per heavy atom. The third-order valence-electron chi connectivity index (χ3n) is 4.06. The Morgan fingerprint density at radius 2 is 2.20 bits per heavy atom. The van der Waals surface area contributed by atoms with Gasteiger partial charge in [0.05, 0.1) is 5.41 Å². The van der Waals surface area contributed by atoms with Gasteiger partial charge in [-0.05, 0) is 19.3 Å². The van der Waals surface area contributed by atoms with E-state index in [1.165, 1.54) is 0 Å². The number of amides is 1. The average molecular weight is 211 g/mol. The number of hydrogen-bond acceptors (Lipinski definition) is 2. The Morgan fingerprint density at radius 1 is 1.47 bits per heavy atom. The van der Waals surface area contributed by atoms with Gasteiger partial charge in [-0.2, -0.15) is 0 Å². The van der Waals surface area contributed by atoms with E-state index in [4.69, 9.17) is 0 Å². The molecule has 1 N–H and O–H groups in total. The second-order valence-corrected chi connectivity index (χ2v) is 4.73.